The van der Waals surface area contributed by atoms with Gasteiger partial charge in [0.25, 0.3) is 5.91 Å². The number of morpholine rings is 1. The van der Waals surface area contributed by atoms with E-state index in [9.17, 15) is 13.2 Å². The molecule has 210 valence electrons. The zero-order valence-corrected chi connectivity index (χ0v) is 23.4. The SMILES string of the molecule is CCN1CCC(Nc2cc(Cl)cc3c(S(=O)(=O)N4CCO[C@H](COc5ccccc5)C4)c(C(N)=O)[nH]c23)CC1. The van der Waals surface area contributed by atoms with E-state index in [-0.39, 0.29) is 42.9 Å². The second kappa shape index (κ2) is 11.7. The van der Waals surface area contributed by atoms with Gasteiger partial charge in [-0.25, -0.2) is 8.42 Å². The number of sulfonamides is 1. The maximum Gasteiger partial charge on any atom is 0.266 e. The number of aromatic nitrogens is 1. The van der Waals surface area contributed by atoms with E-state index in [1.807, 2.05) is 30.3 Å². The van der Waals surface area contributed by atoms with Gasteiger partial charge in [-0.2, -0.15) is 4.31 Å². The number of carbonyl (C=O) groups excluding carboxylic acids is 1. The molecule has 1 aromatic heterocycles. The number of H-pyrrole nitrogens is 1. The molecule has 1 atom stereocenters. The largest absolute Gasteiger partial charge is 0.491 e. The predicted molar refractivity (Wildman–Crippen MR) is 151 cm³/mol. The van der Waals surface area contributed by atoms with E-state index >= 15 is 0 Å². The first-order chi connectivity index (χ1) is 18.8. The van der Waals surface area contributed by atoms with E-state index in [1.165, 1.54) is 4.31 Å². The molecule has 0 aliphatic carbocycles. The van der Waals surface area contributed by atoms with Gasteiger partial charge in [0.15, 0.2) is 0 Å². The standard InChI is InChI=1S/C27H34ClN5O5S/c1-2-32-10-8-19(9-11-32)30-23-15-18(28)14-22-24(23)31-25(27(29)34)26(22)39(35,36)33-12-13-37-21(16-33)17-38-20-6-4-3-5-7-20/h3-7,14-15,19,21,30-31H,2,8-13,16-17H2,1H3,(H2,29,34)/t21-/m0/s1. The van der Waals surface area contributed by atoms with Crippen LogP contribution in [0, 0.1) is 0 Å². The van der Waals surface area contributed by atoms with Gasteiger partial charge < -0.3 is 30.4 Å². The van der Waals surface area contributed by atoms with Gasteiger partial charge in [-0.3, -0.25) is 4.79 Å². The van der Waals surface area contributed by atoms with Crippen LogP contribution in [-0.4, -0.2) is 86.6 Å². The van der Waals surface area contributed by atoms with Crippen LogP contribution in [0.1, 0.15) is 30.3 Å². The second-order valence-corrected chi connectivity index (χ2v) is 12.2. The van der Waals surface area contributed by atoms with E-state index in [2.05, 4.69) is 22.1 Å². The zero-order chi connectivity index (χ0) is 27.6. The molecule has 2 aromatic carbocycles. The van der Waals surface area contributed by atoms with Crippen LogP contribution >= 0.6 is 11.6 Å². The molecule has 2 aliphatic rings. The van der Waals surface area contributed by atoms with E-state index in [1.54, 1.807) is 12.1 Å². The summed E-state index contributed by atoms with van der Waals surface area (Å²) in [5, 5.41) is 4.21. The molecular weight excluding hydrogens is 542 g/mol. The van der Waals surface area contributed by atoms with Crippen molar-refractivity contribution in [1.29, 1.82) is 0 Å². The molecule has 12 heteroatoms. The van der Waals surface area contributed by atoms with Crippen LogP contribution in [0.4, 0.5) is 5.69 Å². The summed E-state index contributed by atoms with van der Waals surface area (Å²) >= 11 is 6.48. The quantitative estimate of drug-likeness (QED) is 0.357. The Kier molecular flexibility index (Phi) is 8.34. The van der Waals surface area contributed by atoms with Gasteiger partial charge in [0.1, 0.15) is 29.0 Å². The number of aromatic amines is 1. The fourth-order valence-electron chi connectivity index (χ4n) is 5.25. The Balaban J connectivity index is 1.43. The van der Waals surface area contributed by atoms with Crippen molar-refractivity contribution in [3.05, 3.63) is 53.2 Å². The molecule has 2 aliphatic heterocycles. The smallest absolute Gasteiger partial charge is 0.266 e. The van der Waals surface area contributed by atoms with Gasteiger partial charge in [-0.1, -0.05) is 36.7 Å². The van der Waals surface area contributed by atoms with Gasteiger partial charge in [0.2, 0.25) is 10.0 Å². The maximum absolute atomic E-state index is 14.0. The number of nitrogens with one attached hydrogen (secondary N) is 2. The lowest BCUT2D eigenvalue weighted by Gasteiger charge is -2.32. The molecule has 2 fully saturated rings. The third-order valence-corrected chi connectivity index (χ3v) is 9.51. The summed E-state index contributed by atoms with van der Waals surface area (Å²) in [4.78, 5) is 17.7. The Morgan fingerprint density at radius 3 is 2.64 bits per heavy atom. The van der Waals surface area contributed by atoms with E-state index in [0.29, 0.717) is 27.4 Å². The number of halogens is 1. The number of rotatable bonds is 9. The molecule has 1 amide bonds. The molecule has 0 saturated carbocycles. The van der Waals surface area contributed by atoms with E-state index < -0.39 is 22.0 Å². The van der Waals surface area contributed by atoms with Crippen LogP contribution in [0.15, 0.2) is 47.4 Å². The summed E-state index contributed by atoms with van der Waals surface area (Å²) < 4.78 is 40.9. The first-order valence-electron chi connectivity index (χ1n) is 13.2. The number of hydrogen-bond acceptors (Lipinski definition) is 7. The third kappa shape index (κ3) is 6.02. The molecule has 3 heterocycles. The summed E-state index contributed by atoms with van der Waals surface area (Å²) in [5.74, 6) is -0.191. The van der Waals surface area contributed by atoms with Gasteiger partial charge in [0, 0.05) is 42.6 Å². The van der Waals surface area contributed by atoms with Crippen molar-refractivity contribution in [3.8, 4) is 5.75 Å². The van der Waals surface area contributed by atoms with E-state index in [0.717, 1.165) is 32.5 Å². The van der Waals surface area contributed by atoms with Crippen LogP contribution in [0.3, 0.4) is 0 Å². The van der Waals surface area contributed by atoms with Crippen molar-refractivity contribution in [3.63, 3.8) is 0 Å². The maximum atomic E-state index is 14.0. The Morgan fingerprint density at radius 1 is 1.21 bits per heavy atom. The predicted octanol–water partition coefficient (Wildman–Crippen LogP) is 3.28. The first-order valence-corrected chi connectivity index (χ1v) is 15.0. The third-order valence-electron chi connectivity index (χ3n) is 7.34. The van der Waals surface area contributed by atoms with Crippen LogP contribution < -0.4 is 15.8 Å². The molecule has 10 nitrogen and oxygen atoms in total. The molecule has 39 heavy (non-hydrogen) atoms. The summed E-state index contributed by atoms with van der Waals surface area (Å²) in [7, 11) is -4.14. The van der Waals surface area contributed by atoms with Crippen molar-refractivity contribution >= 4 is 44.1 Å². The number of likely N-dealkylation sites (tertiary alicyclic amines) is 1. The highest BCUT2D eigenvalue weighted by molar-refractivity contribution is 7.89. The minimum absolute atomic E-state index is 0.0711. The highest BCUT2D eigenvalue weighted by Crippen LogP contribution is 2.37. The van der Waals surface area contributed by atoms with Gasteiger partial charge in [0.05, 0.1) is 17.8 Å². The minimum Gasteiger partial charge on any atom is -0.491 e. The second-order valence-electron chi connectivity index (χ2n) is 9.90. The summed E-state index contributed by atoms with van der Waals surface area (Å²) in [6, 6.07) is 12.8. The molecular formula is C27H34ClN5O5S. The normalized spacial score (nSPS) is 19.8. The Bertz CT molecular complexity index is 1420. The molecule has 4 N–H and O–H groups in total. The van der Waals surface area contributed by atoms with Crippen LogP contribution in [0.5, 0.6) is 5.75 Å². The number of hydrogen-bond donors (Lipinski definition) is 3. The van der Waals surface area contributed by atoms with Crippen LogP contribution in [-0.2, 0) is 14.8 Å². The van der Waals surface area contributed by atoms with Crippen molar-refractivity contribution in [2.45, 2.75) is 36.8 Å². The van der Waals surface area contributed by atoms with Crippen molar-refractivity contribution in [1.82, 2.24) is 14.2 Å². The van der Waals surface area contributed by atoms with Crippen molar-refractivity contribution in [2.24, 2.45) is 5.73 Å². The number of nitrogens with two attached hydrogens (primary N) is 1. The number of carbonyl (C=O) groups is 1. The van der Waals surface area contributed by atoms with Gasteiger partial charge in [-0.05, 0) is 43.7 Å². The monoisotopic (exact) mass is 575 g/mol. The fourth-order valence-corrected chi connectivity index (χ4v) is 7.25. The molecule has 0 bridgehead atoms. The number of piperidine rings is 1. The molecule has 5 rings (SSSR count). The molecule has 3 aromatic rings. The molecule has 2 saturated heterocycles. The van der Waals surface area contributed by atoms with Crippen LogP contribution in [0.25, 0.3) is 10.9 Å². The Labute approximate surface area is 233 Å². The number of benzene rings is 2. The van der Waals surface area contributed by atoms with Gasteiger partial charge in [-0.15, -0.1) is 0 Å². The zero-order valence-electron chi connectivity index (χ0n) is 21.9. The lowest BCUT2D eigenvalue weighted by molar-refractivity contribution is -0.0249. The number of ether oxygens (including phenoxy) is 2. The molecule has 0 spiro atoms. The minimum atomic E-state index is -4.14. The number of primary amides is 1. The first kappa shape index (κ1) is 27.7. The van der Waals surface area contributed by atoms with Crippen LogP contribution in [0.2, 0.25) is 5.02 Å². The molecule has 0 radical (unpaired) electrons. The number of anilines is 1. The number of para-hydroxylation sites is 1. The van der Waals surface area contributed by atoms with Crippen molar-refractivity contribution < 1.29 is 22.7 Å². The average Bonchev–Trinajstić information content (AvgIpc) is 3.34. The fraction of sp³-hybridized carbons (Fsp3) is 0.444. The lowest BCUT2D eigenvalue weighted by atomic mass is 10.0. The lowest BCUT2D eigenvalue weighted by Crippen LogP contribution is -2.47. The number of amides is 1. The Morgan fingerprint density at radius 2 is 1.95 bits per heavy atom. The number of fused-ring (bicyclic) bond motifs is 1. The summed E-state index contributed by atoms with van der Waals surface area (Å²) in [6.45, 7) is 5.69. The number of nitrogens with zero attached hydrogens (tertiary/aromatic N) is 2. The highest BCUT2D eigenvalue weighted by Gasteiger charge is 2.37. The Hall–Kier alpha value is -2.83. The van der Waals surface area contributed by atoms with Crippen molar-refractivity contribution in [2.75, 3.05) is 51.3 Å². The summed E-state index contributed by atoms with van der Waals surface area (Å²) in [6.07, 6.45) is 1.40. The highest BCUT2D eigenvalue weighted by atomic mass is 35.5. The summed E-state index contributed by atoms with van der Waals surface area (Å²) in [5.41, 5.74) is 6.66. The van der Waals surface area contributed by atoms with E-state index in [4.69, 9.17) is 26.8 Å². The topological polar surface area (TPSA) is 130 Å². The average molecular weight is 576 g/mol. The van der Waals surface area contributed by atoms with Gasteiger partial charge >= 0.3 is 0 Å². The molecule has 0 unspecified atom stereocenters.